The summed E-state index contributed by atoms with van der Waals surface area (Å²) < 4.78 is 5.72. The quantitative estimate of drug-likeness (QED) is 0.667. The Bertz CT molecular complexity index is 270. The van der Waals surface area contributed by atoms with E-state index in [0.29, 0.717) is 11.0 Å². The van der Waals surface area contributed by atoms with Gasteiger partial charge in [-0.25, -0.2) is 0 Å². The van der Waals surface area contributed by atoms with Gasteiger partial charge in [-0.2, -0.15) is 0 Å². The molecular formula is C18H38N2O. The van der Waals surface area contributed by atoms with Gasteiger partial charge in [0.25, 0.3) is 0 Å². The van der Waals surface area contributed by atoms with Gasteiger partial charge in [-0.05, 0) is 52.0 Å². The molecule has 1 aliphatic rings. The average Bonchev–Trinajstić information content (AvgIpc) is 2.36. The fourth-order valence-corrected chi connectivity index (χ4v) is 2.74. The van der Waals surface area contributed by atoms with Gasteiger partial charge in [-0.3, -0.25) is 4.90 Å². The van der Waals surface area contributed by atoms with Gasteiger partial charge in [0.1, 0.15) is 0 Å². The Balaban J connectivity index is 1.98. The SMILES string of the molecule is CC(C)(C)COCCCCCN1CCN(C(C)(C)C)CC1. The van der Waals surface area contributed by atoms with Gasteiger partial charge in [0.05, 0.1) is 6.61 Å². The van der Waals surface area contributed by atoms with Crippen molar-refractivity contribution in [2.24, 2.45) is 5.41 Å². The minimum atomic E-state index is 0.298. The van der Waals surface area contributed by atoms with Crippen LogP contribution in [0.15, 0.2) is 0 Å². The molecule has 0 bridgehead atoms. The standard InChI is InChI=1S/C18H38N2O/c1-17(2,3)16-21-15-9-7-8-10-19-11-13-20(14-12-19)18(4,5)6/h7-16H2,1-6H3. The molecular weight excluding hydrogens is 260 g/mol. The number of rotatable bonds is 7. The molecule has 3 nitrogen and oxygen atoms in total. The first kappa shape index (κ1) is 18.9. The van der Waals surface area contributed by atoms with Crippen molar-refractivity contribution in [1.82, 2.24) is 9.80 Å². The van der Waals surface area contributed by atoms with Gasteiger partial charge < -0.3 is 9.64 Å². The second-order valence-corrected chi connectivity index (χ2v) is 8.67. The Morgan fingerprint density at radius 1 is 0.810 bits per heavy atom. The molecule has 0 aromatic rings. The van der Waals surface area contributed by atoms with Crippen molar-refractivity contribution < 1.29 is 4.74 Å². The monoisotopic (exact) mass is 298 g/mol. The predicted octanol–water partition coefficient (Wildman–Crippen LogP) is 3.64. The first-order chi connectivity index (χ1) is 9.68. The van der Waals surface area contributed by atoms with Gasteiger partial charge in [0.2, 0.25) is 0 Å². The minimum Gasteiger partial charge on any atom is -0.381 e. The Kier molecular flexibility index (Phi) is 7.66. The molecule has 126 valence electrons. The molecule has 0 saturated carbocycles. The van der Waals surface area contributed by atoms with Crippen LogP contribution in [-0.4, -0.2) is 61.3 Å². The Hall–Kier alpha value is -0.120. The molecule has 3 heteroatoms. The third-order valence-corrected chi connectivity index (χ3v) is 4.12. The van der Waals surface area contributed by atoms with Crippen LogP contribution < -0.4 is 0 Å². The van der Waals surface area contributed by atoms with E-state index in [-0.39, 0.29) is 0 Å². The van der Waals surface area contributed by atoms with Crippen LogP contribution in [0.2, 0.25) is 0 Å². The molecule has 0 aromatic carbocycles. The van der Waals surface area contributed by atoms with E-state index >= 15 is 0 Å². The van der Waals surface area contributed by atoms with E-state index < -0.39 is 0 Å². The number of piperazine rings is 1. The number of hydrogen-bond donors (Lipinski definition) is 0. The van der Waals surface area contributed by atoms with Crippen LogP contribution in [0.3, 0.4) is 0 Å². The summed E-state index contributed by atoms with van der Waals surface area (Å²) in [5, 5.41) is 0. The molecule has 0 N–H and O–H groups in total. The lowest BCUT2D eigenvalue weighted by Gasteiger charge is -2.42. The first-order valence-electron chi connectivity index (χ1n) is 8.74. The lowest BCUT2D eigenvalue weighted by atomic mass is 9.99. The van der Waals surface area contributed by atoms with Crippen molar-refractivity contribution >= 4 is 0 Å². The lowest BCUT2D eigenvalue weighted by Crippen LogP contribution is -2.53. The van der Waals surface area contributed by atoms with Gasteiger partial charge in [0.15, 0.2) is 0 Å². The fourth-order valence-electron chi connectivity index (χ4n) is 2.74. The van der Waals surface area contributed by atoms with Crippen LogP contribution in [-0.2, 0) is 4.74 Å². The largest absolute Gasteiger partial charge is 0.381 e. The summed E-state index contributed by atoms with van der Waals surface area (Å²) in [6.45, 7) is 21.6. The summed E-state index contributed by atoms with van der Waals surface area (Å²) in [5.41, 5.74) is 0.628. The van der Waals surface area contributed by atoms with Crippen molar-refractivity contribution in [1.29, 1.82) is 0 Å². The van der Waals surface area contributed by atoms with E-state index in [1.165, 1.54) is 52.0 Å². The average molecular weight is 299 g/mol. The molecule has 0 amide bonds. The third-order valence-electron chi connectivity index (χ3n) is 4.12. The molecule has 21 heavy (non-hydrogen) atoms. The van der Waals surface area contributed by atoms with Crippen LogP contribution in [0.25, 0.3) is 0 Å². The molecule has 0 radical (unpaired) electrons. The third kappa shape index (κ3) is 8.80. The molecule has 0 aliphatic carbocycles. The second-order valence-electron chi connectivity index (χ2n) is 8.67. The topological polar surface area (TPSA) is 15.7 Å². The molecule has 0 aromatic heterocycles. The van der Waals surface area contributed by atoms with Crippen LogP contribution >= 0.6 is 0 Å². The smallest absolute Gasteiger partial charge is 0.0514 e. The van der Waals surface area contributed by atoms with Crippen molar-refractivity contribution in [3.63, 3.8) is 0 Å². The maximum atomic E-state index is 5.72. The molecule has 1 fully saturated rings. The zero-order valence-corrected chi connectivity index (χ0v) is 15.4. The highest BCUT2D eigenvalue weighted by atomic mass is 16.5. The van der Waals surface area contributed by atoms with Crippen LogP contribution in [0, 0.1) is 5.41 Å². The molecule has 1 rings (SSSR count). The second kappa shape index (κ2) is 8.50. The van der Waals surface area contributed by atoms with Gasteiger partial charge in [-0.15, -0.1) is 0 Å². The Morgan fingerprint density at radius 3 is 1.95 bits per heavy atom. The van der Waals surface area contributed by atoms with E-state index in [2.05, 4.69) is 51.3 Å². The summed E-state index contributed by atoms with van der Waals surface area (Å²) >= 11 is 0. The normalized spacial score (nSPS) is 19.1. The zero-order chi connectivity index (χ0) is 15.9. The first-order valence-corrected chi connectivity index (χ1v) is 8.74. The van der Waals surface area contributed by atoms with Crippen molar-refractivity contribution in [3.05, 3.63) is 0 Å². The summed E-state index contributed by atoms with van der Waals surface area (Å²) in [5.74, 6) is 0. The summed E-state index contributed by atoms with van der Waals surface area (Å²) in [4.78, 5) is 5.22. The molecule has 1 aliphatic heterocycles. The van der Waals surface area contributed by atoms with E-state index in [4.69, 9.17) is 4.74 Å². The van der Waals surface area contributed by atoms with E-state index in [1.807, 2.05) is 0 Å². The lowest BCUT2D eigenvalue weighted by molar-refractivity contribution is 0.0583. The minimum absolute atomic E-state index is 0.298. The maximum Gasteiger partial charge on any atom is 0.0514 e. The van der Waals surface area contributed by atoms with E-state index in [9.17, 15) is 0 Å². The maximum absolute atomic E-state index is 5.72. The van der Waals surface area contributed by atoms with Gasteiger partial charge in [-0.1, -0.05) is 20.8 Å². The fraction of sp³-hybridized carbons (Fsp3) is 1.00. The predicted molar refractivity (Wildman–Crippen MR) is 91.9 cm³/mol. The molecule has 0 unspecified atom stereocenters. The van der Waals surface area contributed by atoms with Crippen LogP contribution in [0.4, 0.5) is 0 Å². The van der Waals surface area contributed by atoms with Crippen molar-refractivity contribution in [3.8, 4) is 0 Å². The summed E-state index contributed by atoms with van der Waals surface area (Å²) in [6, 6.07) is 0. The van der Waals surface area contributed by atoms with Crippen molar-refractivity contribution in [2.45, 2.75) is 66.3 Å². The highest BCUT2D eigenvalue weighted by Crippen LogP contribution is 2.16. The number of nitrogens with zero attached hydrogens (tertiary/aromatic N) is 2. The molecule has 0 atom stereocenters. The molecule has 0 spiro atoms. The van der Waals surface area contributed by atoms with Crippen LogP contribution in [0.1, 0.15) is 60.8 Å². The van der Waals surface area contributed by atoms with Crippen molar-refractivity contribution in [2.75, 3.05) is 45.9 Å². The van der Waals surface area contributed by atoms with Crippen LogP contribution in [0.5, 0.6) is 0 Å². The molecule has 1 heterocycles. The highest BCUT2D eigenvalue weighted by molar-refractivity contribution is 4.81. The summed E-state index contributed by atoms with van der Waals surface area (Å²) in [7, 11) is 0. The molecule has 1 saturated heterocycles. The zero-order valence-electron chi connectivity index (χ0n) is 15.4. The number of hydrogen-bond acceptors (Lipinski definition) is 3. The Morgan fingerprint density at radius 2 is 1.43 bits per heavy atom. The van der Waals surface area contributed by atoms with E-state index in [1.54, 1.807) is 0 Å². The van der Waals surface area contributed by atoms with Gasteiger partial charge in [0, 0.05) is 38.3 Å². The number of unbranched alkanes of at least 4 members (excludes halogenated alkanes) is 2. The Labute approximate surface area is 133 Å². The van der Waals surface area contributed by atoms with Gasteiger partial charge >= 0.3 is 0 Å². The number of ether oxygens (including phenoxy) is 1. The summed E-state index contributed by atoms with van der Waals surface area (Å²) in [6.07, 6.45) is 3.82. The highest BCUT2D eigenvalue weighted by Gasteiger charge is 2.25. The van der Waals surface area contributed by atoms with E-state index in [0.717, 1.165) is 13.2 Å².